The maximum absolute atomic E-state index is 12.0. The number of benzene rings is 1. The van der Waals surface area contributed by atoms with Gasteiger partial charge in [-0.1, -0.05) is 0 Å². The Bertz CT molecular complexity index is 771. The zero-order valence-corrected chi connectivity index (χ0v) is 14.1. The summed E-state index contributed by atoms with van der Waals surface area (Å²) in [4.78, 5) is 11.7. The first kappa shape index (κ1) is 17.7. The van der Waals surface area contributed by atoms with Crippen LogP contribution in [0.25, 0.3) is 0 Å². The van der Waals surface area contributed by atoms with Gasteiger partial charge in [-0.05, 0) is 30.7 Å². The molecule has 2 N–H and O–H groups in total. The molecule has 10 heteroatoms. The number of sulfonamides is 1. The molecular formula is C13H18N2O6S2. The third-order valence-electron chi connectivity index (χ3n) is 3.39. The van der Waals surface area contributed by atoms with Gasteiger partial charge in [-0.2, -0.15) is 0 Å². The zero-order chi connectivity index (χ0) is 17.1. The van der Waals surface area contributed by atoms with E-state index >= 15 is 0 Å². The second kappa shape index (κ2) is 6.85. The first-order chi connectivity index (χ1) is 10.7. The van der Waals surface area contributed by atoms with Gasteiger partial charge in [0.15, 0.2) is 9.84 Å². The molecule has 1 amide bonds. The predicted molar refractivity (Wildman–Crippen MR) is 83.4 cm³/mol. The van der Waals surface area contributed by atoms with Crippen LogP contribution in [-0.2, 0) is 24.7 Å². The van der Waals surface area contributed by atoms with Gasteiger partial charge in [0, 0.05) is 6.04 Å². The molecule has 8 nitrogen and oxygen atoms in total. The van der Waals surface area contributed by atoms with Crippen molar-refractivity contribution in [1.82, 2.24) is 10.0 Å². The summed E-state index contributed by atoms with van der Waals surface area (Å²) < 4.78 is 53.8. The number of hydrogen-bond acceptors (Lipinski definition) is 6. The van der Waals surface area contributed by atoms with Crippen molar-refractivity contribution in [2.75, 3.05) is 25.2 Å². The lowest BCUT2D eigenvalue weighted by molar-refractivity contribution is -0.120. The Hall–Kier alpha value is -1.65. The molecule has 0 radical (unpaired) electrons. The summed E-state index contributed by atoms with van der Waals surface area (Å²) in [7, 11) is -5.45. The number of rotatable bonds is 6. The van der Waals surface area contributed by atoms with Crippen LogP contribution >= 0.6 is 0 Å². The minimum atomic E-state index is -3.82. The maximum atomic E-state index is 12.0. The summed E-state index contributed by atoms with van der Waals surface area (Å²) in [5.74, 6) is -0.118. The van der Waals surface area contributed by atoms with Crippen LogP contribution in [0.15, 0.2) is 29.2 Å². The SMILES string of the molecule is COc1ccc(S(=O)(=O)NCC(=O)NC2CCS(=O)(=O)C2)cc1. The van der Waals surface area contributed by atoms with Gasteiger partial charge >= 0.3 is 0 Å². The van der Waals surface area contributed by atoms with E-state index in [9.17, 15) is 21.6 Å². The number of amides is 1. The number of carbonyl (C=O) groups excluding carboxylic acids is 1. The lowest BCUT2D eigenvalue weighted by Gasteiger charge is -2.12. The van der Waals surface area contributed by atoms with E-state index in [0.29, 0.717) is 12.2 Å². The van der Waals surface area contributed by atoms with Crippen LogP contribution in [0, 0.1) is 0 Å². The molecule has 1 unspecified atom stereocenters. The molecule has 1 aromatic rings. The quantitative estimate of drug-likeness (QED) is 0.689. The molecule has 1 aromatic carbocycles. The van der Waals surface area contributed by atoms with E-state index in [1.54, 1.807) is 0 Å². The summed E-state index contributed by atoms with van der Waals surface area (Å²) in [6, 6.07) is 5.26. The van der Waals surface area contributed by atoms with Gasteiger partial charge in [0.2, 0.25) is 15.9 Å². The summed E-state index contributed by atoms with van der Waals surface area (Å²) in [5.41, 5.74) is 0. The van der Waals surface area contributed by atoms with E-state index in [4.69, 9.17) is 4.74 Å². The first-order valence-electron chi connectivity index (χ1n) is 6.85. The highest BCUT2D eigenvalue weighted by Crippen LogP contribution is 2.15. The Morgan fingerprint density at radius 1 is 1.30 bits per heavy atom. The second-order valence-corrected chi connectivity index (χ2v) is 9.16. The Morgan fingerprint density at radius 2 is 1.96 bits per heavy atom. The van der Waals surface area contributed by atoms with Crippen LogP contribution < -0.4 is 14.8 Å². The molecule has 1 atom stereocenters. The third kappa shape index (κ3) is 4.91. The summed E-state index contributed by atoms with van der Waals surface area (Å²) in [5, 5.41) is 2.51. The van der Waals surface area contributed by atoms with Gasteiger partial charge in [-0.25, -0.2) is 21.6 Å². The highest BCUT2D eigenvalue weighted by Gasteiger charge is 2.29. The number of nitrogens with one attached hydrogen (secondary N) is 2. The van der Waals surface area contributed by atoms with Gasteiger partial charge in [0.1, 0.15) is 5.75 Å². The average Bonchev–Trinajstić information content (AvgIpc) is 2.84. The first-order valence-corrected chi connectivity index (χ1v) is 10.2. The molecule has 1 fully saturated rings. The number of methoxy groups -OCH3 is 1. The Kier molecular flexibility index (Phi) is 5.27. The monoisotopic (exact) mass is 362 g/mol. The molecule has 1 heterocycles. The van der Waals surface area contributed by atoms with Gasteiger partial charge in [0.05, 0.1) is 30.1 Å². The van der Waals surface area contributed by atoms with Gasteiger partial charge in [-0.15, -0.1) is 0 Å². The molecule has 0 aromatic heterocycles. The number of sulfone groups is 1. The third-order valence-corrected chi connectivity index (χ3v) is 6.58. The minimum absolute atomic E-state index is 0.00884. The zero-order valence-electron chi connectivity index (χ0n) is 12.5. The van der Waals surface area contributed by atoms with Gasteiger partial charge < -0.3 is 10.1 Å². The van der Waals surface area contributed by atoms with E-state index in [1.807, 2.05) is 0 Å². The normalized spacial score (nSPS) is 20.1. The van der Waals surface area contributed by atoms with Crippen molar-refractivity contribution in [2.24, 2.45) is 0 Å². The molecule has 2 rings (SSSR count). The van der Waals surface area contributed by atoms with Gasteiger partial charge in [0.25, 0.3) is 0 Å². The number of carbonyl (C=O) groups is 1. The van der Waals surface area contributed by atoms with Crippen LogP contribution in [-0.4, -0.2) is 53.9 Å². The largest absolute Gasteiger partial charge is 0.497 e. The fourth-order valence-corrected chi connectivity index (χ4v) is 4.84. The van der Waals surface area contributed by atoms with Gasteiger partial charge in [-0.3, -0.25) is 4.79 Å². The molecule has 0 saturated carbocycles. The molecule has 1 aliphatic heterocycles. The van der Waals surface area contributed by atoms with E-state index in [1.165, 1.54) is 31.4 Å². The minimum Gasteiger partial charge on any atom is -0.497 e. The summed E-state index contributed by atoms with van der Waals surface area (Å²) >= 11 is 0. The highest BCUT2D eigenvalue weighted by molar-refractivity contribution is 7.91. The van der Waals surface area contributed by atoms with Crippen LogP contribution in [0.2, 0.25) is 0 Å². The second-order valence-electron chi connectivity index (χ2n) is 5.17. The molecular weight excluding hydrogens is 344 g/mol. The predicted octanol–water partition coefficient (Wildman–Crippen LogP) is -0.723. The van der Waals surface area contributed by atoms with Crippen LogP contribution in [0.4, 0.5) is 0 Å². The summed E-state index contributed by atoms with van der Waals surface area (Å²) in [6.45, 7) is -0.453. The molecule has 1 saturated heterocycles. The van der Waals surface area contributed by atoms with Crippen molar-refractivity contribution < 1.29 is 26.4 Å². The molecule has 0 aliphatic carbocycles. The van der Waals surface area contributed by atoms with E-state index < -0.39 is 38.4 Å². The van der Waals surface area contributed by atoms with Crippen molar-refractivity contribution >= 4 is 25.8 Å². The molecule has 1 aliphatic rings. The fourth-order valence-electron chi connectivity index (χ4n) is 2.19. The Balaban J connectivity index is 1.89. The Labute approximate surface area is 135 Å². The standard InChI is InChI=1S/C13H18N2O6S2/c1-21-11-2-4-12(5-3-11)23(19,20)14-8-13(16)15-10-6-7-22(17,18)9-10/h2-5,10,14H,6-9H2,1H3,(H,15,16). The lowest BCUT2D eigenvalue weighted by atomic mass is 10.2. The van der Waals surface area contributed by atoms with Crippen molar-refractivity contribution in [2.45, 2.75) is 17.4 Å². The van der Waals surface area contributed by atoms with Crippen LogP contribution in [0.1, 0.15) is 6.42 Å². The Morgan fingerprint density at radius 3 is 2.48 bits per heavy atom. The van der Waals surface area contributed by atoms with E-state index in [-0.39, 0.29) is 16.4 Å². The van der Waals surface area contributed by atoms with E-state index in [2.05, 4.69) is 10.0 Å². The van der Waals surface area contributed by atoms with Crippen molar-refractivity contribution in [1.29, 1.82) is 0 Å². The van der Waals surface area contributed by atoms with Crippen LogP contribution in [0.3, 0.4) is 0 Å². The van der Waals surface area contributed by atoms with Crippen molar-refractivity contribution in [3.8, 4) is 5.75 Å². The molecule has 0 spiro atoms. The maximum Gasteiger partial charge on any atom is 0.241 e. The summed E-state index contributed by atoms with van der Waals surface area (Å²) in [6.07, 6.45) is 0.347. The van der Waals surface area contributed by atoms with E-state index in [0.717, 1.165) is 0 Å². The van der Waals surface area contributed by atoms with Crippen LogP contribution in [0.5, 0.6) is 5.75 Å². The topological polar surface area (TPSA) is 119 Å². The fraction of sp³-hybridized carbons (Fsp3) is 0.462. The molecule has 128 valence electrons. The molecule has 0 bridgehead atoms. The average molecular weight is 362 g/mol. The highest BCUT2D eigenvalue weighted by atomic mass is 32.2. The van der Waals surface area contributed by atoms with Crippen molar-refractivity contribution in [3.05, 3.63) is 24.3 Å². The van der Waals surface area contributed by atoms with Crippen molar-refractivity contribution in [3.63, 3.8) is 0 Å². The number of hydrogen-bond donors (Lipinski definition) is 2. The lowest BCUT2D eigenvalue weighted by Crippen LogP contribution is -2.42. The molecule has 23 heavy (non-hydrogen) atoms. The number of ether oxygens (including phenoxy) is 1. The smallest absolute Gasteiger partial charge is 0.241 e.